The van der Waals surface area contributed by atoms with Crippen LogP contribution in [-0.4, -0.2) is 25.3 Å². The van der Waals surface area contributed by atoms with Crippen LogP contribution in [0.15, 0.2) is 12.1 Å². The maximum absolute atomic E-state index is 14.0. The van der Waals surface area contributed by atoms with Gasteiger partial charge in [-0.15, -0.1) is 0 Å². The standard InChI is InChI=1S/C12H16ClFN2O/c1-7-5-16(6-8(2)17-7)12-10(15)4-3-9(13)11(12)14/h3-4,7-8H,5-6,15H2,1-2H3. The van der Waals surface area contributed by atoms with Gasteiger partial charge in [0.05, 0.1) is 28.6 Å². The Labute approximate surface area is 105 Å². The van der Waals surface area contributed by atoms with Crippen molar-refractivity contribution in [2.24, 2.45) is 0 Å². The summed E-state index contributed by atoms with van der Waals surface area (Å²) in [5.41, 5.74) is 6.63. The predicted octanol–water partition coefficient (Wildman–Crippen LogP) is 2.67. The first-order valence-corrected chi connectivity index (χ1v) is 6.00. The Morgan fingerprint density at radius 2 is 1.94 bits per heavy atom. The molecule has 1 aromatic rings. The minimum atomic E-state index is -0.451. The average Bonchev–Trinajstić information content (AvgIpc) is 2.23. The Morgan fingerprint density at radius 1 is 1.35 bits per heavy atom. The van der Waals surface area contributed by atoms with Crippen molar-refractivity contribution >= 4 is 23.0 Å². The molecule has 0 spiro atoms. The molecule has 0 amide bonds. The molecule has 0 aliphatic carbocycles. The summed E-state index contributed by atoms with van der Waals surface area (Å²) in [6, 6.07) is 3.11. The Kier molecular flexibility index (Phi) is 3.45. The summed E-state index contributed by atoms with van der Waals surface area (Å²) < 4.78 is 19.6. The van der Waals surface area contributed by atoms with Gasteiger partial charge < -0.3 is 15.4 Å². The lowest BCUT2D eigenvalue weighted by Gasteiger charge is -2.37. The van der Waals surface area contributed by atoms with Crippen LogP contribution in [0.3, 0.4) is 0 Å². The van der Waals surface area contributed by atoms with Crippen molar-refractivity contribution in [2.45, 2.75) is 26.1 Å². The van der Waals surface area contributed by atoms with E-state index in [2.05, 4.69) is 0 Å². The molecule has 0 aromatic heterocycles. The van der Waals surface area contributed by atoms with E-state index in [0.29, 0.717) is 24.5 Å². The Hall–Kier alpha value is -1.00. The fraction of sp³-hybridized carbons (Fsp3) is 0.500. The minimum Gasteiger partial charge on any atom is -0.397 e. The molecule has 17 heavy (non-hydrogen) atoms. The van der Waals surface area contributed by atoms with Crippen LogP contribution in [0.25, 0.3) is 0 Å². The molecule has 94 valence electrons. The molecule has 0 bridgehead atoms. The van der Waals surface area contributed by atoms with Gasteiger partial charge in [-0.1, -0.05) is 11.6 Å². The summed E-state index contributed by atoms with van der Waals surface area (Å²) in [4.78, 5) is 1.90. The highest BCUT2D eigenvalue weighted by Gasteiger charge is 2.26. The zero-order chi connectivity index (χ0) is 12.6. The quantitative estimate of drug-likeness (QED) is 0.787. The Morgan fingerprint density at radius 3 is 2.53 bits per heavy atom. The van der Waals surface area contributed by atoms with Gasteiger partial charge in [0.2, 0.25) is 0 Å². The first kappa shape index (κ1) is 12.5. The van der Waals surface area contributed by atoms with Crippen LogP contribution in [0.1, 0.15) is 13.8 Å². The topological polar surface area (TPSA) is 38.5 Å². The number of nitrogens with two attached hydrogens (primary N) is 1. The Bertz CT molecular complexity index is 417. The zero-order valence-electron chi connectivity index (χ0n) is 9.91. The van der Waals surface area contributed by atoms with Gasteiger partial charge in [-0.25, -0.2) is 4.39 Å². The van der Waals surface area contributed by atoms with Crippen LogP contribution in [0.5, 0.6) is 0 Å². The number of anilines is 2. The average molecular weight is 259 g/mol. The maximum Gasteiger partial charge on any atom is 0.167 e. The molecule has 1 aromatic carbocycles. The first-order chi connectivity index (χ1) is 7.99. The van der Waals surface area contributed by atoms with Crippen molar-refractivity contribution in [2.75, 3.05) is 23.7 Å². The molecule has 1 heterocycles. The van der Waals surface area contributed by atoms with Crippen molar-refractivity contribution < 1.29 is 9.13 Å². The second-order valence-electron chi connectivity index (χ2n) is 4.46. The lowest BCUT2D eigenvalue weighted by Crippen LogP contribution is -2.46. The van der Waals surface area contributed by atoms with Gasteiger partial charge in [0.15, 0.2) is 5.82 Å². The van der Waals surface area contributed by atoms with E-state index >= 15 is 0 Å². The van der Waals surface area contributed by atoms with Crippen LogP contribution in [0.2, 0.25) is 5.02 Å². The van der Waals surface area contributed by atoms with Gasteiger partial charge in [0, 0.05) is 13.1 Å². The third kappa shape index (κ3) is 2.48. The number of nitrogen functional groups attached to an aromatic ring is 1. The molecule has 2 N–H and O–H groups in total. The molecule has 2 atom stereocenters. The van der Waals surface area contributed by atoms with E-state index in [1.807, 2.05) is 18.7 Å². The van der Waals surface area contributed by atoms with E-state index in [0.717, 1.165) is 0 Å². The third-order valence-electron chi connectivity index (χ3n) is 2.84. The summed E-state index contributed by atoms with van der Waals surface area (Å²) in [6.45, 7) is 5.15. The van der Waals surface area contributed by atoms with Crippen molar-refractivity contribution in [1.29, 1.82) is 0 Å². The molecule has 2 unspecified atom stereocenters. The normalized spacial score (nSPS) is 25.1. The summed E-state index contributed by atoms with van der Waals surface area (Å²) >= 11 is 5.79. The number of nitrogens with zero attached hydrogens (tertiary/aromatic N) is 1. The van der Waals surface area contributed by atoms with Crippen LogP contribution in [-0.2, 0) is 4.74 Å². The van der Waals surface area contributed by atoms with Gasteiger partial charge in [-0.2, -0.15) is 0 Å². The van der Waals surface area contributed by atoms with E-state index in [-0.39, 0.29) is 17.2 Å². The number of hydrogen-bond donors (Lipinski definition) is 1. The zero-order valence-corrected chi connectivity index (χ0v) is 10.7. The molecule has 1 saturated heterocycles. The number of morpholine rings is 1. The molecule has 3 nitrogen and oxygen atoms in total. The van der Waals surface area contributed by atoms with Crippen molar-refractivity contribution in [3.05, 3.63) is 23.0 Å². The molecular weight excluding hydrogens is 243 g/mol. The number of halogens is 2. The molecule has 2 rings (SSSR count). The van der Waals surface area contributed by atoms with Gasteiger partial charge in [-0.3, -0.25) is 0 Å². The summed E-state index contributed by atoms with van der Waals surface area (Å²) in [5.74, 6) is -0.451. The minimum absolute atomic E-state index is 0.0523. The lowest BCUT2D eigenvalue weighted by atomic mass is 10.1. The van der Waals surface area contributed by atoms with E-state index in [1.165, 1.54) is 6.07 Å². The van der Waals surface area contributed by atoms with Gasteiger partial charge in [-0.05, 0) is 26.0 Å². The van der Waals surface area contributed by atoms with E-state index in [1.54, 1.807) is 6.07 Å². The molecule has 0 saturated carbocycles. The van der Waals surface area contributed by atoms with Crippen molar-refractivity contribution in [3.8, 4) is 0 Å². The van der Waals surface area contributed by atoms with Gasteiger partial charge in [0.25, 0.3) is 0 Å². The highest BCUT2D eigenvalue weighted by Crippen LogP contribution is 2.33. The highest BCUT2D eigenvalue weighted by atomic mass is 35.5. The van der Waals surface area contributed by atoms with Crippen LogP contribution in [0, 0.1) is 5.82 Å². The van der Waals surface area contributed by atoms with Crippen LogP contribution >= 0.6 is 11.6 Å². The maximum atomic E-state index is 14.0. The predicted molar refractivity (Wildman–Crippen MR) is 68.0 cm³/mol. The van der Waals surface area contributed by atoms with Crippen molar-refractivity contribution in [3.63, 3.8) is 0 Å². The number of ether oxygens (including phenoxy) is 1. The van der Waals surface area contributed by atoms with Crippen molar-refractivity contribution in [1.82, 2.24) is 0 Å². The van der Waals surface area contributed by atoms with Crippen LogP contribution < -0.4 is 10.6 Å². The molecule has 1 aliphatic heterocycles. The first-order valence-electron chi connectivity index (χ1n) is 5.63. The van der Waals surface area contributed by atoms with Crippen LogP contribution in [0.4, 0.5) is 15.8 Å². The lowest BCUT2D eigenvalue weighted by molar-refractivity contribution is -0.00534. The second kappa shape index (κ2) is 4.70. The largest absolute Gasteiger partial charge is 0.397 e. The van der Waals surface area contributed by atoms with E-state index < -0.39 is 5.82 Å². The number of hydrogen-bond acceptors (Lipinski definition) is 3. The fourth-order valence-electron chi connectivity index (χ4n) is 2.24. The van der Waals surface area contributed by atoms with Gasteiger partial charge >= 0.3 is 0 Å². The molecule has 5 heteroatoms. The number of benzene rings is 1. The molecular formula is C12H16ClFN2O. The summed E-state index contributed by atoms with van der Waals surface area (Å²) in [5, 5.41) is 0.0981. The van der Waals surface area contributed by atoms with E-state index in [4.69, 9.17) is 22.1 Å². The SMILES string of the molecule is CC1CN(c2c(N)ccc(Cl)c2F)CC(C)O1. The highest BCUT2D eigenvalue weighted by molar-refractivity contribution is 6.31. The van der Waals surface area contributed by atoms with E-state index in [9.17, 15) is 4.39 Å². The Balaban J connectivity index is 2.36. The molecule has 1 aliphatic rings. The fourth-order valence-corrected chi connectivity index (χ4v) is 2.39. The summed E-state index contributed by atoms with van der Waals surface area (Å²) in [6.07, 6.45) is 0.105. The smallest absolute Gasteiger partial charge is 0.167 e. The van der Waals surface area contributed by atoms with Gasteiger partial charge in [0.1, 0.15) is 0 Å². The monoisotopic (exact) mass is 258 g/mol. The third-order valence-corrected chi connectivity index (χ3v) is 3.13. The number of rotatable bonds is 1. The molecule has 1 fully saturated rings. The summed E-state index contributed by atoms with van der Waals surface area (Å²) in [7, 11) is 0. The second-order valence-corrected chi connectivity index (χ2v) is 4.87. The molecule has 0 radical (unpaired) electrons.